The van der Waals surface area contributed by atoms with E-state index in [4.69, 9.17) is 4.74 Å². The molecule has 0 saturated carbocycles. The maximum absolute atomic E-state index is 13.4. The first-order valence-corrected chi connectivity index (χ1v) is 10.7. The van der Waals surface area contributed by atoms with E-state index in [1.54, 1.807) is 11.6 Å². The highest BCUT2D eigenvalue weighted by atomic mass is 32.2. The highest BCUT2D eigenvalue weighted by Crippen LogP contribution is 2.36. The number of benzene rings is 2. The van der Waals surface area contributed by atoms with Gasteiger partial charge in [0.25, 0.3) is 5.78 Å². The topological polar surface area (TPSA) is 81.4 Å². The number of methoxy groups -OCH3 is 1. The molecule has 158 valence electrons. The molecule has 2 aromatic carbocycles. The normalized spacial score (nSPS) is 12.0. The minimum atomic E-state index is -0.551. The molecule has 1 atom stereocenters. The fourth-order valence-electron chi connectivity index (χ4n) is 3.32. The Morgan fingerprint density at radius 2 is 1.84 bits per heavy atom. The van der Waals surface area contributed by atoms with E-state index in [2.05, 4.69) is 20.4 Å². The van der Waals surface area contributed by atoms with Crippen LogP contribution >= 0.6 is 11.8 Å². The van der Waals surface area contributed by atoms with Gasteiger partial charge in [-0.15, -0.1) is 5.10 Å². The van der Waals surface area contributed by atoms with Crippen LogP contribution in [0.15, 0.2) is 59.8 Å². The summed E-state index contributed by atoms with van der Waals surface area (Å²) in [7, 11) is 1.58. The second-order valence-electron chi connectivity index (χ2n) is 7.25. The smallest absolute Gasteiger partial charge is 0.253 e. The van der Waals surface area contributed by atoms with Crippen LogP contribution in [0.5, 0.6) is 5.75 Å². The Bertz CT molecular complexity index is 1240. The lowest BCUT2D eigenvalue weighted by Crippen LogP contribution is -2.19. The molecule has 31 heavy (non-hydrogen) atoms. The number of thioether (sulfide) groups is 1. The minimum Gasteiger partial charge on any atom is -0.495 e. The Labute approximate surface area is 184 Å². The fraction of sp³-hybridized carbons (Fsp3) is 0.217. The summed E-state index contributed by atoms with van der Waals surface area (Å²) in [4.78, 5) is 22.3. The van der Waals surface area contributed by atoms with Crippen LogP contribution < -0.4 is 10.1 Å². The van der Waals surface area contributed by atoms with Crippen LogP contribution in [0.3, 0.4) is 0 Å². The van der Waals surface area contributed by atoms with E-state index in [1.807, 2.05) is 75.4 Å². The summed E-state index contributed by atoms with van der Waals surface area (Å²) in [5.74, 6) is 0.948. The zero-order chi connectivity index (χ0) is 22.0. The van der Waals surface area contributed by atoms with Crippen molar-refractivity contribution >= 4 is 29.1 Å². The van der Waals surface area contributed by atoms with Gasteiger partial charge >= 0.3 is 0 Å². The number of aryl methyl sites for hydroxylation is 3. The van der Waals surface area contributed by atoms with Crippen molar-refractivity contribution in [3.8, 4) is 5.75 Å². The number of rotatable bonds is 6. The number of nitrogens with one attached hydrogen (secondary N) is 1. The molecule has 0 aliphatic carbocycles. The first-order valence-electron chi connectivity index (χ1n) is 9.82. The first-order chi connectivity index (χ1) is 14.9. The van der Waals surface area contributed by atoms with Crippen LogP contribution in [0.1, 0.15) is 27.8 Å². The Morgan fingerprint density at radius 1 is 1.06 bits per heavy atom. The lowest BCUT2D eigenvalue weighted by molar-refractivity contribution is -0.115. The molecular formula is C23H23N5O2S. The van der Waals surface area contributed by atoms with Crippen molar-refractivity contribution in [3.05, 3.63) is 77.1 Å². The quantitative estimate of drug-likeness (QED) is 0.450. The maximum Gasteiger partial charge on any atom is 0.253 e. The zero-order valence-electron chi connectivity index (χ0n) is 17.8. The minimum absolute atomic E-state index is 0.181. The number of nitrogens with zero attached hydrogens (tertiary/aromatic N) is 4. The second kappa shape index (κ2) is 8.77. The third-order valence-electron chi connectivity index (χ3n) is 4.78. The zero-order valence-corrected chi connectivity index (χ0v) is 18.6. The van der Waals surface area contributed by atoms with Gasteiger partial charge in [0.2, 0.25) is 11.1 Å². The molecule has 0 bridgehead atoms. The van der Waals surface area contributed by atoms with Gasteiger partial charge in [-0.3, -0.25) is 4.79 Å². The van der Waals surface area contributed by atoms with Crippen LogP contribution in [-0.4, -0.2) is 32.6 Å². The first kappa shape index (κ1) is 20.9. The molecule has 0 aliphatic heterocycles. The lowest BCUT2D eigenvalue weighted by atomic mass is 10.1. The van der Waals surface area contributed by atoms with E-state index in [0.717, 1.165) is 22.5 Å². The van der Waals surface area contributed by atoms with Gasteiger partial charge in [0.15, 0.2) is 0 Å². The predicted octanol–water partition coefficient (Wildman–Crippen LogP) is 4.53. The van der Waals surface area contributed by atoms with Crippen molar-refractivity contribution in [2.24, 2.45) is 0 Å². The molecule has 2 aromatic heterocycles. The molecular weight excluding hydrogens is 410 g/mol. The number of amides is 1. The standard InChI is InChI=1S/C23H23N5O2S/c1-14-10-11-19(30-4)18(12-14)25-21(29)20(17-8-6-5-7-9-17)31-23-26-22-24-15(2)13-16(3)28(22)27-23/h5-13,20H,1-4H3,(H,25,29)/t20-/m0/s1. The largest absolute Gasteiger partial charge is 0.495 e. The Balaban J connectivity index is 1.68. The van der Waals surface area contributed by atoms with Gasteiger partial charge < -0.3 is 10.1 Å². The van der Waals surface area contributed by atoms with Gasteiger partial charge in [-0.2, -0.15) is 4.98 Å². The number of ether oxygens (including phenoxy) is 1. The summed E-state index contributed by atoms with van der Waals surface area (Å²) >= 11 is 1.29. The molecule has 0 aliphatic rings. The number of anilines is 1. The van der Waals surface area contributed by atoms with Crippen LogP contribution in [-0.2, 0) is 4.79 Å². The molecule has 4 aromatic rings. The summed E-state index contributed by atoms with van der Waals surface area (Å²) in [6.07, 6.45) is 0. The molecule has 8 heteroatoms. The van der Waals surface area contributed by atoms with Crippen molar-refractivity contribution in [2.75, 3.05) is 12.4 Å². The van der Waals surface area contributed by atoms with Crippen LogP contribution in [0, 0.1) is 20.8 Å². The van der Waals surface area contributed by atoms with E-state index < -0.39 is 5.25 Å². The third-order valence-corrected chi connectivity index (χ3v) is 5.88. The molecule has 0 radical (unpaired) electrons. The monoisotopic (exact) mass is 433 g/mol. The van der Waals surface area contributed by atoms with E-state index in [9.17, 15) is 4.79 Å². The summed E-state index contributed by atoms with van der Waals surface area (Å²) in [5, 5.41) is 7.51. The Morgan fingerprint density at radius 3 is 2.58 bits per heavy atom. The molecule has 0 unspecified atom stereocenters. The summed E-state index contributed by atoms with van der Waals surface area (Å²) < 4.78 is 7.10. The SMILES string of the molecule is COc1ccc(C)cc1NC(=O)[C@@H](Sc1nc2nc(C)cc(C)n2n1)c1ccccc1. The molecule has 0 fully saturated rings. The molecule has 7 nitrogen and oxygen atoms in total. The maximum atomic E-state index is 13.4. The van der Waals surface area contributed by atoms with Crippen molar-refractivity contribution in [3.63, 3.8) is 0 Å². The number of hydrogen-bond acceptors (Lipinski definition) is 6. The van der Waals surface area contributed by atoms with Gasteiger partial charge in [-0.05, 0) is 50.1 Å². The summed E-state index contributed by atoms with van der Waals surface area (Å²) in [6.45, 7) is 5.84. The van der Waals surface area contributed by atoms with E-state index in [0.29, 0.717) is 22.4 Å². The van der Waals surface area contributed by atoms with Gasteiger partial charge in [-0.25, -0.2) is 9.50 Å². The highest BCUT2D eigenvalue weighted by molar-refractivity contribution is 8.00. The van der Waals surface area contributed by atoms with Crippen molar-refractivity contribution in [1.29, 1.82) is 0 Å². The van der Waals surface area contributed by atoms with E-state index in [-0.39, 0.29) is 5.91 Å². The summed E-state index contributed by atoms with van der Waals surface area (Å²) in [6, 6.07) is 17.2. The van der Waals surface area contributed by atoms with Gasteiger partial charge in [-0.1, -0.05) is 48.2 Å². The van der Waals surface area contributed by atoms with Crippen molar-refractivity contribution in [1.82, 2.24) is 19.6 Å². The Hall–Kier alpha value is -3.39. The fourth-order valence-corrected chi connectivity index (χ4v) is 4.25. The van der Waals surface area contributed by atoms with Crippen LogP contribution in [0.4, 0.5) is 5.69 Å². The highest BCUT2D eigenvalue weighted by Gasteiger charge is 2.25. The molecule has 1 amide bonds. The lowest BCUT2D eigenvalue weighted by Gasteiger charge is -2.17. The predicted molar refractivity (Wildman–Crippen MR) is 122 cm³/mol. The molecule has 2 heterocycles. The third kappa shape index (κ3) is 4.54. The molecule has 4 rings (SSSR count). The number of aromatic nitrogens is 4. The van der Waals surface area contributed by atoms with E-state index in [1.165, 1.54) is 11.8 Å². The number of carbonyl (C=O) groups is 1. The van der Waals surface area contributed by atoms with Crippen LogP contribution in [0.25, 0.3) is 5.78 Å². The number of hydrogen-bond donors (Lipinski definition) is 1. The van der Waals surface area contributed by atoms with E-state index >= 15 is 0 Å². The average molecular weight is 434 g/mol. The second-order valence-corrected chi connectivity index (χ2v) is 8.32. The molecule has 1 N–H and O–H groups in total. The van der Waals surface area contributed by atoms with Gasteiger partial charge in [0.05, 0.1) is 12.8 Å². The Kier molecular flexibility index (Phi) is 5.90. The van der Waals surface area contributed by atoms with Crippen molar-refractivity contribution < 1.29 is 9.53 Å². The molecule has 0 spiro atoms. The summed E-state index contributed by atoms with van der Waals surface area (Å²) in [5.41, 5.74) is 4.32. The number of carbonyl (C=O) groups excluding carboxylic acids is 1. The van der Waals surface area contributed by atoms with Crippen molar-refractivity contribution in [2.45, 2.75) is 31.2 Å². The van der Waals surface area contributed by atoms with Gasteiger partial charge in [0.1, 0.15) is 11.0 Å². The average Bonchev–Trinajstić information content (AvgIpc) is 3.15. The van der Waals surface area contributed by atoms with Gasteiger partial charge in [0, 0.05) is 11.4 Å². The van der Waals surface area contributed by atoms with Crippen LogP contribution in [0.2, 0.25) is 0 Å². The number of fused-ring (bicyclic) bond motifs is 1. The molecule has 0 saturated heterocycles.